The van der Waals surface area contributed by atoms with Crippen molar-refractivity contribution >= 4 is 11.6 Å². The highest BCUT2D eigenvalue weighted by molar-refractivity contribution is 5.92. The van der Waals surface area contributed by atoms with Crippen LogP contribution < -0.4 is 5.32 Å². The molecule has 0 fully saturated rings. The Balaban J connectivity index is 1.99. The average molecular weight is 322 g/mol. The molecule has 0 aliphatic carbocycles. The molecule has 23 heavy (non-hydrogen) atoms. The summed E-state index contributed by atoms with van der Waals surface area (Å²) in [4.78, 5) is 13.7. The van der Waals surface area contributed by atoms with Crippen LogP contribution in [0.2, 0.25) is 0 Å². The van der Waals surface area contributed by atoms with E-state index >= 15 is 0 Å². The van der Waals surface area contributed by atoms with E-state index in [1.165, 1.54) is 12.1 Å². The summed E-state index contributed by atoms with van der Waals surface area (Å²) in [6, 6.07) is 8.70. The highest BCUT2D eigenvalue weighted by atomic mass is 19.1. The van der Waals surface area contributed by atoms with E-state index < -0.39 is 17.5 Å². The van der Waals surface area contributed by atoms with Gasteiger partial charge in [0.2, 0.25) is 5.91 Å². The summed E-state index contributed by atoms with van der Waals surface area (Å²) < 4.78 is 39.5. The van der Waals surface area contributed by atoms with Crippen LogP contribution in [0.15, 0.2) is 42.5 Å². The molecule has 2 rings (SSSR count). The Morgan fingerprint density at radius 1 is 1.09 bits per heavy atom. The number of hydrogen-bond acceptors (Lipinski definition) is 2. The first-order valence-electron chi connectivity index (χ1n) is 7.07. The molecule has 0 aromatic heterocycles. The molecule has 1 atom stereocenters. The second-order valence-corrected chi connectivity index (χ2v) is 5.31. The Bertz CT molecular complexity index is 689. The predicted octanol–water partition coefficient (Wildman–Crippen LogP) is 3.74. The highest BCUT2D eigenvalue weighted by Crippen LogP contribution is 2.19. The summed E-state index contributed by atoms with van der Waals surface area (Å²) in [7, 11) is 1.72. The van der Waals surface area contributed by atoms with Gasteiger partial charge in [-0.2, -0.15) is 0 Å². The number of hydrogen-bond donors (Lipinski definition) is 1. The van der Waals surface area contributed by atoms with Crippen molar-refractivity contribution in [3.63, 3.8) is 0 Å². The van der Waals surface area contributed by atoms with Gasteiger partial charge in [0.15, 0.2) is 0 Å². The smallest absolute Gasteiger partial charge is 0.238 e. The fourth-order valence-corrected chi connectivity index (χ4v) is 2.14. The Morgan fingerprint density at radius 3 is 2.35 bits per heavy atom. The van der Waals surface area contributed by atoms with E-state index in [2.05, 4.69) is 5.32 Å². The maximum absolute atomic E-state index is 13.5. The van der Waals surface area contributed by atoms with Gasteiger partial charge in [-0.05, 0) is 43.8 Å². The van der Waals surface area contributed by atoms with Crippen LogP contribution in [0.4, 0.5) is 18.9 Å². The molecule has 0 saturated carbocycles. The minimum absolute atomic E-state index is 0.0193. The third kappa shape index (κ3) is 4.56. The fraction of sp³-hybridized carbons (Fsp3) is 0.235. The number of amides is 1. The number of rotatable bonds is 5. The number of halogens is 3. The zero-order valence-electron chi connectivity index (χ0n) is 12.8. The zero-order valence-corrected chi connectivity index (χ0v) is 12.8. The van der Waals surface area contributed by atoms with Gasteiger partial charge in [-0.1, -0.05) is 12.1 Å². The van der Waals surface area contributed by atoms with Gasteiger partial charge in [-0.3, -0.25) is 9.69 Å². The highest BCUT2D eigenvalue weighted by Gasteiger charge is 2.16. The largest absolute Gasteiger partial charge is 0.322 e. The molecule has 2 aromatic carbocycles. The van der Waals surface area contributed by atoms with Crippen molar-refractivity contribution in [3.8, 4) is 0 Å². The van der Waals surface area contributed by atoms with Crippen molar-refractivity contribution in [2.24, 2.45) is 0 Å². The third-order valence-corrected chi connectivity index (χ3v) is 3.61. The van der Waals surface area contributed by atoms with Crippen LogP contribution in [-0.2, 0) is 4.79 Å². The van der Waals surface area contributed by atoms with Crippen LogP contribution in [0.25, 0.3) is 0 Å². The lowest BCUT2D eigenvalue weighted by molar-refractivity contribution is -0.117. The quantitative estimate of drug-likeness (QED) is 0.909. The molecule has 0 bridgehead atoms. The third-order valence-electron chi connectivity index (χ3n) is 3.61. The van der Waals surface area contributed by atoms with E-state index in [0.29, 0.717) is 0 Å². The van der Waals surface area contributed by atoms with Gasteiger partial charge in [0.1, 0.15) is 17.5 Å². The molecule has 0 aliphatic heterocycles. The van der Waals surface area contributed by atoms with E-state index in [9.17, 15) is 18.0 Å². The van der Waals surface area contributed by atoms with Crippen LogP contribution in [-0.4, -0.2) is 24.4 Å². The Kier molecular flexibility index (Phi) is 5.39. The predicted molar refractivity (Wildman–Crippen MR) is 82.4 cm³/mol. The van der Waals surface area contributed by atoms with Crippen molar-refractivity contribution in [3.05, 3.63) is 65.5 Å². The normalized spacial score (nSPS) is 12.3. The summed E-state index contributed by atoms with van der Waals surface area (Å²) in [5, 5.41) is 2.34. The Morgan fingerprint density at radius 2 is 1.70 bits per heavy atom. The van der Waals surface area contributed by atoms with Crippen molar-refractivity contribution in [2.45, 2.75) is 13.0 Å². The molecule has 1 N–H and O–H groups in total. The number of nitrogens with one attached hydrogen (secondary N) is 1. The number of anilines is 1. The molecule has 122 valence electrons. The second kappa shape index (κ2) is 7.28. The summed E-state index contributed by atoms with van der Waals surface area (Å²) in [5.74, 6) is -2.13. The Hall–Kier alpha value is -2.34. The molecule has 0 aliphatic rings. The van der Waals surface area contributed by atoms with Crippen LogP contribution >= 0.6 is 0 Å². The maximum atomic E-state index is 13.5. The molecule has 0 unspecified atom stereocenters. The molecule has 0 saturated heterocycles. The van der Waals surface area contributed by atoms with Crippen LogP contribution in [0.3, 0.4) is 0 Å². The molecule has 6 heteroatoms. The minimum Gasteiger partial charge on any atom is -0.322 e. The Labute approximate surface area is 132 Å². The van der Waals surface area contributed by atoms with E-state index in [-0.39, 0.29) is 24.1 Å². The first-order chi connectivity index (χ1) is 10.9. The fourth-order valence-electron chi connectivity index (χ4n) is 2.14. The molecule has 1 amide bonds. The molecule has 0 radical (unpaired) electrons. The summed E-state index contributed by atoms with van der Waals surface area (Å²) in [6.45, 7) is 1.85. The van der Waals surface area contributed by atoms with E-state index in [1.54, 1.807) is 24.1 Å². The van der Waals surface area contributed by atoms with Crippen LogP contribution in [0.1, 0.15) is 18.5 Å². The zero-order chi connectivity index (χ0) is 17.0. The number of carbonyl (C=O) groups excluding carboxylic acids is 1. The molecule has 0 spiro atoms. The lowest BCUT2D eigenvalue weighted by atomic mass is 10.1. The van der Waals surface area contributed by atoms with Crippen LogP contribution in [0, 0.1) is 17.5 Å². The van der Waals surface area contributed by atoms with Crippen molar-refractivity contribution in [2.75, 3.05) is 18.9 Å². The molecule has 3 nitrogen and oxygen atoms in total. The first kappa shape index (κ1) is 17.0. The average Bonchev–Trinajstić information content (AvgIpc) is 2.51. The van der Waals surface area contributed by atoms with Crippen molar-refractivity contribution < 1.29 is 18.0 Å². The van der Waals surface area contributed by atoms with E-state index in [0.717, 1.165) is 23.8 Å². The van der Waals surface area contributed by atoms with Gasteiger partial charge in [0, 0.05) is 12.1 Å². The summed E-state index contributed by atoms with van der Waals surface area (Å²) in [5.41, 5.74) is 0.650. The van der Waals surface area contributed by atoms with Gasteiger partial charge >= 0.3 is 0 Å². The maximum Gasteiger partial charge on any atom is 0.238 e. The SMILES string of the molecule is C[C@H](c1ccc(F)cc1)N(C)CC(=O)Nc1cc(F)ccc1F. The second-order valence-electron chi connectivity index (χ2n) is 5.31. The molecular weight excluding hydrogens is 305 g/mol. The number of benzene rings is 2. The van der Waals surface area contributed by atoms with Crippen molar-refractivity contribution in [1.82, 2.24) is 4.90 Å². The van der Waals surface area contributed by atoms with Gasteiger partial charge in [-0.15, -0.1) is 0 Å². The van der Waals surface area contributed by atoms with E-state index in [1.807, 2.05) is 6.92 Å². The number of likely N-dealkylation sites (N-methyl/N-ethyl adjacent to an activating group) is 1. The van der Waals surface area contributed by atoms with Gasteiger partial charge in [0.25, 0.3) is 0 Å². The number of nitrogens with zero attached hydrogens (tertiary/aromatic N) is 1. The number of carbonyl (C=O) groups is 1. The van der Waals surface area contributed by atoms with Gasteiger partial charge in [0.05, 0.1) is 12.2 Å². The lowest BCUT2D eigenvalue weighted by Crippen LogP contribution is -2.32. The van der Waals surface area contributed by atoms with Crippen LogP contribution in [0.5, 0.6) is 0 Å². The molecule has 2 aromatic rings. The van der Waals surface area contributed by atoms with Crippen molar-refractivity contribution in [1.29, 1.82) is 0 Å². The molecule has 0 heterocycles. The van der Waals surface area contributed by atoms with Gasteiger partial charge in [-0.25, -0.2) is 13.2 Å². The summed E-state index contributed by atoms with van der Waals surface area (Å²) >= 11 is 0. The standard InChI is InChI=1S/C17H17F3N2O/c1-11(12-3-5-13(18)6-4-12)22(2)10-17(23)21-16-9-14(19)7-8-15(16)20/h3-9,11H,10H2,1-2H3,(H,21,23)/t11-/m1/s1. The van der Waals surface area contributed by atoms with E-state index in [4.69, 9.17) is 0 Å². The first-order valence-corrected chi connectivity index (χ1v) is 7.07. The monoisotopic (exact) mass is 322 g/mol. The topological polar surface area (TPSA) is 32.3 Å². The lowest BCUT2D eigenvalue weighted by Gasteiger charge is -2.24. The minimum atomic E-state index is -0.700. The molecular formula is C17H17F3N2O. The summed E-state index contributed by atoms with van der Waals surface area (Å²) in [6.07, 6.45) is 0. The van der Waals surface area contributed by atoms with Gasteiger partial charge < -0.3 is 5.32 Å².